The number of aromatic nitrogens is 6. The number of benzene rings is 1. The monoisotopic (exact) mass is 481 g/mol. The first-order valence-corrected chi connectivity index (χ1v) is 10.6. The summed E-state index contributed by atoms with van der Waals surface area (Å²) in [5.74, 6) is 1.71. The van der Waals surface area contributed by atoms with Crippen molar-refractivity contribution >= 4 is 11.6 Å². The highest BCUT2D eigenvalue weighted by molar-refractivity contribution is 5.75. The van der Waals surface area contributed by atoms with Gasteiger partial charge in [0, 0.05) is 36.9 Å². The number of hydrogen-bond acceptors (Lipinski definition) is 9. The van der Waals surface area contributed by atoms with Crippen LogP contribution in [0.1, 0.15) is 6.42 Å². The summed E-state index contributed by atoms with van der Waals surface area (Å²) in [6.45, 7) is 0.563. The fourth-order valence-electron chi connectivity index (χ4n) is 3.28. The number of rotatable bonds is 10. The number of carbonyl (C=O) groups excluding carboxylic acids is 1. The second kappa shape index (κ2) is 10.5. The molecule has 1 aromatic carbocycles. The molecule has 0 saturated carbocycles. The van der Waals surface area contributed by atoms with Crippen LogP contribution in [0.2, 0.25) is 0 Å². The largest absolute Gasteiger partial charge is 0.493 e. The third-order valence-electron chi connectivity index (χ3n) is 5.03. The minimum absolute atomic E-state index is 0.0749. The average molecular weight is 481 g/mol. The number of amides is 1. The lowest BCUT2D eigenvalue weighted by molar-refractivity contribution is -0.121. The Morgan fingerprint density at radius 1 is 1.06 bits per heavy atom. The molecule has 13 heteroatoms. The van der Waals surface area contributed by atoms with Crippen LogP contribution >= 0.6 is 0 Å². The first-order chi connectivity index (χ1) is 17.0. The normalized spacial score (nSPS) is 10.8. The van der Waals surface area contributed by atoms with E-state index in [1.807, 2.05) is 6.07 Å². The predicted octanol–water partition coefficient (Wildman–Crippen LogP) is 0.244. The van der Waals surface area contributed by atoms with Crippen molar-refractivity contribution in [3.05, 3.63) is 63.4 Å². The Kier molecular flexibility index (Phi) is 7.04. The molecule has 0 spiro atoms. The van der Waals surface area contributed by atoms with E-state index in [1.54, 1.807) is 43.0 Å². The molecule has 0 aliphatic carbocycles. The van der Waals surface area contributed by atoms with Crippen molar-refractivity contribution in [1.82, 2.24) is 34.7 Å². The number of carbonyl (C=O) groups is 1. The summed E-state index contributed by atoms with van der Waals surface area (Å²) in [7, 11) is 3.11. The van der Waals surface area contributed by atoms with Gasteiger partial charge in [-0.15, -0.1) is 15.3 Å². The molecule has 0 saturated heterocycles. The third-order valence-corrected chi connectivity index (χ3v) is 5.03. The number of H-pyrrole nitrogens is 1. The van der Waals surface area contributed by atoms with E-state index in [0.717, 1.165) is 5.56 Å². The van der Waals surface area contributed by atoms with Gasteiger partial charge in [0.25, 0.3) is 5.56 Å². The Bertz CT molecular complexity index is 1460. The zero-order chi connectivity index (χ0) is 24.8. The Labute approximate surface area is 198 Å². The summed E-state index contributed by atoms with van der Waals surface area (Å²) in [6.07, 6.45) is 1.42. The first-order valence-electron chi connectivity index (χ1n) is 10.6. The maximum Gasteiger partial charge on any atom is 0.328 e. The summed E-state index contributed by atoms with van der Waals surface area (Å²) in [5.41, 5.74) is 0.222. The van der Waals surface area contributed by atoms with Gasteiger partial charge in [0.05, 0.1) is 20.8 Å². The van der Waals surface area contributed by atoms with Crippen LogP contribution in [-0.2, 0) is 11.3 Å². The van der Waals surface area contributed by atoms with Crippen LogP contribution in [0.5, 0.6) is 17.4 Å². The molecular weight excluding hydrogens is 458 g/mol. The molecule has 4 rings (SSSR count). The summed E-state index contributed by atoms with van der Waals surface area (Å²) >= 11 is 0. The van der Waals surface area contributed by atoms with Gasteiger partial charge in [-0.2, -0.15) is 4.52 Å². The molecule has 0 radical (unpaired) electrons. The topological polar surface area (TPSA) is 155 Å². The quantitative estimate of drug-likeness (QED) is 0.303. The van der Waals surface area contributed by atoms with Crippen molar-refractivity contribution in [1.29, 1.82) is 0 Å². The molecule has 0 bridgehead atoms. The standard InChI is InChI=1S/C22H23N7O6/c1-33-15-4-3-14(13-16(15)34-2)21-26-25-17-5-6-20(27-29(17)21)35-12-9-23-18(30)7-10-28-11-8-19(31)24-22(28)32/h3-6,8,11,13H,7,9-10,12H2,1-2H3,(H,23,30)(H,24,31,32). The number of ether oxygens (including phenoxy) is 3. The molecule has 4 aromatic rings. The van der Waals surface area contributed by atoms with Crippen molar-refractivity contribution in [2.75, 3.05) is 27.4 Å². The summed E-state index contributed by atoms with van der Waals surface area (Å²) in [4.78, 5) is 36.9. The molecule has 13 nitrogen and oxygen atoms in total. The highest BCUT2D eigenvalue weighted by atomic mass is 16.5. The zero-order valence-electron chi connectivity index (χ0n) is 19.1. The van der Waals surface area contributed by atoms with E-state index >= 15 is 0 Å². The molecule has 0 unspecified atom stereocenters. The van der Waals surface area contributed by atoms with Crippen molar-refractivity contribution in [3.63, 3.8) is 0 Å². The number of hydrogen-bond donors (Lipinski definition) is 2. The molecule has 3 aromatic heterocycles. The van der Waals surface area contributed by atoms with Crippen LogP contribution in [0.4, 0.5) is 0 Å². The van der Waals surface area contributed by atoms with Crippen LogP contribution in [-0.4, -0.2) is 62.6 Å². The zero-order valence-corrected chi connectivity index (χ0v) is 19.1. The smallest absolute Gasteiger partial charge is 0.328 e. The molecule has 1 amide bonds. The van der Waals surface area contributed by atoms with Crippen molar-refractivity contribution in [2.24, 2.45) is 0 Å². The minimum atomic E-state index is -0.559. The lowest BCUT2D eigenvalue weighted by atomic mass is 10.2. The van der Waals surface area contributed by atoms with E-state index in [4.69, 9.17) is 14.2 Å². The number of aromatic amines is 1. The molecule has 2 N–H and O–H groups in total. The van der Waals surface area contributed by atoms with Crippen LogP contribution in [0.15, 0.2) is 52.2 Å². The number of nitrogens with zero attached hydrogens (tertiary/aromatic N) is 5. The van der Waals surface area contributed by atoms with Crippen molar-refractivity contribution < 1.29 is 19.0 Å². The minimum Gasteiger partial charge on any atom is -0.493 e. The van der Waals surface area contributed by atoms with Gasteiger partial charge in [0.15, 0.2) is 23.0 Å². The van der Waals surface area contributed by atoms with Crippen LogP contribution in [0.25, 0.3) is 17.0 Å². The number of fused-ring (bicyclic) bond motifs is 1. The van der Waals surface area contributed by atoms with E-state index in [1.165, 1.54) is 16.8 Å². The van der Waals surface area contributed by atoms with Crippen molar-refractivity contribution in [3.8, 4) is 28.8 Å². The number of aryl methyl sites for hydroxylation is 1. The first kappa shape index (κ1) is 23.5. The SMILES string of the molecule is COc1ccc(-c2nnc3ccc(OCCNC(=O)CCn4ccc(=O)[nH]c4=O)nn23)cc1OC. The fourth-order valence-corrected chi connectivity index (χ4v) is 3.28. The van der Waals surface area contributed by atoms with Gasteiger partial charge >= 0.3 is 5.69 Å². The summed E-state index contributed by atoms with van der Waals surface area (Å²) in [6, 6.07) is 9.98. The maximum atomic E-state index is 12.0. The van der Waals surface area contributed by atoms with Gasteiger partial charge in [-0.05, 0) is 24.3 Å². The third kappa shape index (κ3) is 5.46. The predicted molar refractivity (Wildman–Crippen MR) is 124 cm³/mol. The average Bonchev–Trinajstić information content (AvgIpc) is 3.29. The van der Waals surface area contributed by atoms with Gasteiger partial charge in [-0.3, -0.25) is 14.6 Å². The van der Waals surface area contributed by atoms with Gasteiger partial charge in [0.1, 0.15) is 6.61 Å². The van der Waals surface area contributed by atoms with Gasteiger partial charge in [-0.25, -0.2) is 4.79 Å². The lowest BCUT2D eigenvalue weighted by Gasteiger charge is -2.09. The highest BCUT2D eigenvalue weighted by Gasteiger charge is 2.14. The van der Waals surface area contributed by atoms with E-state index < -0.39 is 11.2 Å². The molecule has 0 aliphatic rings. The lowest BCUT2D eigenvalue weighted by Crippen LogP contribution is -2.32. The Hall–Kier alpha value is -4.68. The molecule has 35 heavy (non-hydrogen) atoms. The summed E-state index contributed by atoms with van der Waals surface area (Å²) < 4.78 is 19.1. The van der Waals surface area contributed by atoms with Gasteiger partial charge in [0.2, 0.25) is 11.8 Å². The van der Waals surface area contributed by atoms with E-state index in [0.29, 0.717) is 28.9 Å². The number of nitrogens with one attached hydrogen (secondary N) is 2. The fraction of sp³-hybridized carbons (Fsp3) is 0.273. The Morgan fingerprint density at radius 2 is 1.89 bits per heavy atom. The molecule has 0 aliphatic heterocycles. The molecule has 0 fully saturated rings. The molecule has 3 heterocycles. The Morgan fingerprint density at radius 3 is 2.66 bits per heavy atom. The second-order valence-electron chi connectivity index (χ2n) is 7.29. The van der Waals surface area contributed by atoms with Gasteiger partial charge < -0.3 is 24.1 Å². The highest BCUT2D eigenvalue weighted by Crippen LogP contribution is 2.31. The second-order valence-corrected chi connectivity index (χ2v) is 7.29. The van der Waals surface area contributed by atoms with Crippen molar-refractivity contribution in [2.45, 2.75) is 13.0 Å². The van der Waals surface area contributed by atoms with Crippen LogP contribution in [0, 0.1) is 0 Å². The number of methoxy groups -OCH3 is 2. The molecule has 0 atom stereocenters. The van der Waals surface area contributed by atoms with Crippen LogP contribution < -0.4 is 30.8 Å². The van der Waals surface area contributed by atoms with E-state index in [9.17, 15) is 14.4 Å². The maximum absolute atomic E-state index is 12.0. The van der Waals surface area contributed by atoms with Gasteiger partial charge in [-0.1, -0.05) is 0 Å². The van der Waals surface area contributed by atoms with E-state index in [-0.39, 0.29) is 32.0 Å². The van der Waals surface area contributed by atoms with E-state index in [2.05, 4.69) is 25.6 Å². The molecule has 182 valence electrons. The molecular formula is C22H23N7O6. The van der Waals surface area contributed by atoms with Crippen LogP contribution in [0.3, 0.4) is 0 Å². The summed E-state index contributed by atoms with van der Waals surface area (Å²) in [5, 5.41) is 15.5. The Balaban J connectivity index is 1.34.